The Kier molecular flexibility index (Phi) is 5.14. The zero-order valence-corrected chi connectivity index (χ0v) is 11.0. The summed E-state index contributed by atoms with van der Waals surface area (Å²) in [5.74, 6) is -0.165. The summed E-state index contributed by atoms with van der Waals surface area (Å²) < 4.78 is 18.2. The minimum Gasteiger partial charge on any atom is -0.381 e. The second-order valence-corrected chi connectivity index (χ2v) is 5.05. The van der Waals surface area contributed by atoms with Gasteiger partial charge in [-0.25, -0.2) is 4.39 Å². The van der Waals surface area contributed by atoms with Crippen molar-refractivity contribution in [2.75, 3.05) is 13.7 Å². The fourth-order valence-corrected chi connectivity index (χ4v) is 2.62. The largest absolute Gasteiger partial charge is 0.381 e. The maximum absolute atomic E-state index is 12.8. The summed E-state index contributed by atoms with van der Waals surface area (Å²) in [6.07, 6.45) is 6.15. The van der Waals surface area contributed by atoms with Crippen molar-refractivity contribution in [1.29, 1.82) is 0 Å². The van der Waals surface area contributed by atoms with Crippen molar-refractivity contribution < 1.29 is 9.13 Å². The van der Waals surface area contributed by atoms with Crippen LogP contribution in [-0.2, 0) is 11.2 Å². The van der Waals surface area contributed by atoms with Crippen molar-refractivity contribution in [3.05, 3.63) is 35.6 Å². The van der Waals surface area contributed by atoms with Crippen molar-refractivity contribution in [1.82, 2.24) is 5.32 Å². The Hall–Kier alpha value is -0.930. The summed E-state index contributed by atoms with van der Waals surface area (Å²) in [6, 6.07) is 7.34. The van der Waals surface area contributed by atoms with Gasteiger partial charge in [0.2, 0.25) is 0 Å². The van der Waals surface area contributed by atoms with Crippen LogP contribution in [-0.4, -0.2) is 25.8 Å². The molecular weight excluding hydrogens is 229 g/mol. The van der Waals surface area contributed by atoms with Gasteiger partial charge in [-0.05, 0) is 56.3 Å². The van der Waals surface area contributed by atoms with E-state index in [1.165, 1.54) is 37.0 Å². The Morgan fingerprint density at radius 2 is 2.06 bits per heavy atom. The third kappa shape index (κ3) is 4.07. The number of halogens is 1. The van der Waals surface area contributed by atoms with Gasteiger partial charge in [0, 0.05) is 13.2 Å². The van der Waals surface area contributed by atoms with Gasteiger partial charge in [0.05, 0.1) is 6.10 Å². The molecule has 1 fully saturated rings. The lowest BCUT2D eigenvalue weighted by Gasteiger charge is -2.29. The van der Waals surface area contributed by atoms with Gasteiger partial charge in [-0.3, -0.25) is 0 Å². The summed E-state index contributed by atoms with van der Waals surface area (Å²) in [5, 5.41) is 3.58. The third-order valence-corrected chi connectivity index (χ3v) is 3.72. The summed E-state index contributed by atoms with van der Waals surface area (Å²) in [4.78, 5) is 0. The number of rotatable bonds is 5. The highest BCUT2D eigenvalue weighted by molar-refractivity contribution is 5.16. The lowest BCUT2D eigenvalue weighted by Crippen LogP contribution is -2.37. The highest BCUT2D eigenvalue weighted by Gasteiger charge is 2.20. The lowest BCUT2D eigenvalue weighted by atomic mass is 9.93. The van der Waals surface area contributed by atoms with E-state index in [1.807, 2.05) is 12.1 Å². The van der Waals surface area contributed by atoms with Crippen LogP contribution < -0.4 is 5.32 Å². The molecule has 1 N–H and O–H groups in total. The second-order valence-electron chi connectivity index (χ2n) is 5.05. The first-order valence-corrected chi connectivity index (χ1v) is 6.78. The molecule has 1 saturated carbocycles. The smallest absolute Gasteiger partial charge is 0.123 e. The van der Waals surface area contributed by atoms with Crippen LogP contribution in [0.3, 0.4) is 0 Å². The molecule has 2 unspecified atom stereocenters. The first kappa shape index (κ1) is 13.5. The SMILES string of the molecule is COC1CCCC(NCCc2ccc(F)cc2)C1. The molecule has 18 heavy (non-hydrogen) atoms. The number of ether oxygens (including phenoxy) is 1. The first-order chi connectivity index (χ1) is 8.78. The normalized spacial score (nSPS) is 24.1. The third-order valence-electron chi connectivity index (χ3n) is 3.72. The minimum atomic E-state index is -0.165. The molecule has 1 aromatic rings. The molecule has 3 heteroatoms. The van der Waals surface area contributed by atoms with Gasteiger partial charge in [0.15, 0.2) is 0 Å². The summed E-state index contributed by atoms with van der Waals surface area (Å²) in [7, 11) is 1.80. The standard InChI is InChI=1S/C15H22FNO/c1-18-15-4-2-3-14(11-15)17-10-9-12-5-7-13(16)8-6-12/h5-8,14-15,17H,2-4,9-11H2,1H3. The number of hydrogen-bond acceptors (Lipinski definition) is 2. The van der Waals surface area contributed by atoms with Crippen LogP contribution in [0.1, 0.15) is 31.2 Å². The number of hydrogen-bond donors (Lipinski definition) is 1. The van der Waals surface area contributed by atoms with Gasteiger partial charge in [0.1, 0.15) is 5.82 Å². The van der Waals surface area contributed by atoms with E-state index in [-0.39, 0.29) is 5.82 Å². The van der Waals surface area contributed by atoms with Crippen LogP contribution in [0.2, 0.25) is 0 Å². The zero-order chi connectivity index (χ0) is 12.8. The van der Waals surface area contributed by atoms with Gasteiger partial charge in [-0.1, -0.05) is 12.1 Å². The van der Waals surface area contributed by atoms with Crippen molar-refractivity contribution in [2.24, 2.45) is 0 Å². The van der Waals surface area contributed by atoms with Crippen molar-refractivity contribution in [2.45, 2.75) is 44.2 Å². The number of methoxy groups -OCH3 is 1. The predicted octanol–water partition coefficient (Wildman–Crippen LogP) is 2.92. The molecule has 2 atom stereocenters. The van der Waals surface area contributed by atoms with E-state index in [9.17, 15) is 4.39 Å². The first-order valence-electron chi connectivity index (χ1n) is 6.78. The van der Waals surface area contributed by atoms with Gasteiger partial charge >= 0.3 is 0 Å². The van der Waals surface area contributed by atoms with Crippen molar-refractivity contribution in [3.8, 4) is 0 Å². The van der Waals surface area contributed by atoms with Crippen LogP contribution in [0.15, 0.2) is 24.3 Å². The van der Waals surface area contributed by atoms with E-state index in [0.29, 0.717) is 12.1 Å². The van der Waals surface area contributed by atoms with Crippen LogP contribution >= 0.6 is 0 Å². The molecule has 1 aliphatic rings. The van der Waals surface area contributed by atoms with E-state index in [1.54, 1.807) is 7.11 Å². The zero-order valence-electron chi connectivity index (χ0n) is 11.0. The minimum absolute atomic E-state index is 0.165. The molecule has 2 rings (SSSR count). The highest BCUT2D eigenvalue weighted by Crippen LogP contribution is 2.20. The monoisotopic (exact) mass is 251 g/mol. The van der Waals surface area contributed by atoms with E-state index in [2.05, 4.69) is 5.32 Å². The van der Waals surface area contributed by atoms with Crippen molar-refractivity contribution in [3.63, 3.8) is 0 Å². The van der Waals surface area contributed by atoms with Gasteiger partial charge in [-0.15, -0.1) is 0 Å². The van der Waals surface area contributed by atoms with Gasteiger partial charge in [-0.2, -0.15) is 0 Å². The Labute approximate surface area is 109 Å². The van der Waals surface area contributed by atoms with Crippen LogP contribution in [0, 0.1) is 5.82 Å². The molecule has 2 nitrogen and oxygen atoms in total. The Morgan fingerprint density at radius 3 is 2.78 bits per heavy atom. The molecule has 1 aliphatic carbocycles. The average molecular weight is 251 g/mol. The quantitative estimate of drug-likeness (QED) is 0.868. The summed E-state index contributed by atoms with van der Waals surface area (Å²) in [6.45, 7) is 0.951. The maximum Gasteiger partial charge on any atom is 0.123 e. The second kappa shape index (κ2) is 6.86. The molecule has 0 aromatic heterocycles. The Balaban J connectivity index is 1.70. The molecule has 0 saturated heterocycles. The molecule has 0 bridgehead atoms. The van der Waals surface area contributed by atoms with Crippen molar-refractivity contribution >= 4 is 0 Å². The molecule has 100 valence electrons. The van der Waals surface area contributed by atoms with E-state index >= 15 is 0 Å². The van der Waals surface area contributed by atoms with Gasteiger partial charge in [0.25, 0.3) is 0 Å². The predicted molar refractivity (Wildman–Crippen MR) is 71.2 cm³/mol. The number of benzene rings is 1. The van der Waals surface area contributed by atoms with E-state index < -0.39 is 0 Å². The summed E-state index contributed by atoms with van der Waals surface area (Å²) >= 11 is 0. The van der Waals surface area contributed by atoms with E-state index in [0.717, 1.165) is 19.4 Å². The molecule has 0 heterocycles. The summed E-state index contributed by atoms with van der Waals surface area (Å²) in [5.41, 5.74) is 1.18. The molecule has 1 aromatic carbocycles. The fourth-order valence-electron chi connectivity index (χ4n) is 2.62. The Morgan fingerprint density at radius 1 is 1.28 bits per heavy atom. The maximum atomic E-state index is 12.8. The van der Waals surface area contributed by atoms with Crippen LogP contribution in [0.5, 0.6) is 0 Å². The molecular formula is C15H22FNO. The molecule has 0 spiro atoms. The van der Waals surface area contributed by atoms with E-state index in [4.69, 9.17) is 4.74 Å². The van der Waals surface area contributed by atoms with Gasteiger partial charge < -0.3 is 10.1 Å². The highest BCUT2D eigenvalue weighted by atomic mass is 19.1. The van der Waals surface area contributed by atoms with Crippen LogP contribution in [0.4, 0.5) is 4.39 Å². The topological polar surface area (TPSA) is 21.3 Å². The molecule has 0 aliphatic heterocycles. The number of nitrogens with one attached hydrogen (secondary N) is 1. The fraction of sp³-hybridized carbons (Fsp3) is 0.600. The molecule has 0 amide bonds. The molecule has 0 radical (unpaired) electrons. The van der Waals surface area contributed by atoms with Crippen LogP contribution in [0.25, 0.3) is 0 Å². The Bertz CT molecular complexity index is 352. The average Bonchev–Trinajstić information content (AvgIpc) is 2.41. The lowest BCUT2D eigenvalue weighted by molar-refractivity contribution is 0.0590.